The Balaban J connectivity index is 1.68. The molecule has 8 nitrogen and oxygen atoms in total. The highest BCUT2D eigenvalue weighted by molar-refractivity contribution is 5.90. The number of alkyl halides is 1. The monoisotopic (exact) mass is 353 g/mol. The van der Waals surface area contributed by atoms with Gasteiger partial charge in [-0.2, -0.15) is 0 Å². The van der Waals surface area contributed by atoms with Crippen LogP contribution in [0.3, 0.4) is 0 Å². The molecule has 0 radical (unpaired) electrons. The van der Waals surface area contributed by atoms with Gasteiger partial charge in [-0.15, -0.1) is 0 Å². The summed E-state index contributed by atoms with van der Waals surface area (Å²) in [5.41, 5.74) is 1.26. The molecule has 0 aliphatic carbocycles. The van der Waals surface area contributed by atoms with Crippen LogP contribution in [0.1, 0.15) is 0 Å². The molecular formula is C16H20FN3O5. The molecule has 1 aromatic carbocycles. The largest absolute Gasteiger partial charge is 0.442 e. The van der Waals surface area contributed by atoms with E-state index in [0.29, 0.717) is 24.5 Å². The molecule has 0 bridgehead atoms. The lowest BCUT2D eigenvalue weighted by atomic mass is 10.2. The van der Waals surface area contributed by atoms with E-state index in [1.807, 2.05) is 0 Å². The second-order valence-corrected chi connectivity index (χ2v) is 5.80. The van der Waals surface area contributed by atoms with E-state index in [0.717, 1.165) is 0 Å². The van der Waals surface area contributed by atoms with Crippen LogP contribution in [0.2, 0.25) is 0 Å². The Morgan fingerprint density at radius 2 is 2.20 bits per heavy atom. The molecule has 2 amide bonds. The van der Waals surface area contributed by atoms with Crippen molar-refractivity contribution in [3.8, 4) is 0 Å². The van der Waals surface area contributed by atoms with E-state index in [-0.39, 0.29) is 19.7 Å². The van der Waals surface area contributed by atoms with Gasteiger partial charge in [0.05, 0.1) is 26.3 Å². The molecule has 2 N–H and O–H groups in total. The topological polar surface area (TPSA) is 91.3 Å². The number of aliphatic hydroxyl groups is 1. The normalized spacial score (nSPS) is 23.5. The standard InChI is InChI=1S/C16H20FN3O5/c17-14-10-24-5-4-19(14)11-2-1-3-12(6-11)20-8-13(25-16(20)23)7-18-15(22)9-21/h1-3,6,13-14,21H,4-5,7-10H2,(H,18,22). The van der Waals surface area contributed by atoms with Gasteiger partial charge >= 0.3 is 6.09 Å². The van der Waals surface area contributed by atoms with Crippen molar-refractivity contribution < 1.29 is 28.6 Å². The molecule has 25 heavy (non-hydrogen) atoms. The fourth-order valence-electron chi connectivity index (χ4n) is 2.83. The van der Waals surface area contributed by atoms with Crippen LogP contribution in [-0.2, 0) is 14.3 Å². The maximum Gasteiger partial charge on any atom is 0.414 e. The van der Waals surface area contributed by atoms with Gasteiger partial charge in [0, 0.05) is 17.9 Å². The highest BCUT2D eigenvalue weighted by Gasteiger charge is 2.33. The van der Waals surface area contributed by atoms with Crippen LogP contribution in [0, 0.1) is 0 Å². The van der Waals surface area contributed by atoms with E-state index in [9.17, 15) is 14.0 Å². The minimum Gasteiger partial charge on any atom is -0.442 e. The van der Waals surface area contributed by atoms with Crippen LogP contribution in [0.25, 0.3) is 0 Å². The second kappa shape index (κ2) is 7.66. The Bertz CT molecular complexity index is 644. The summed E-state index contributed by atoms with van der Waals surface area (Å²) in [6.45, 7) is 0.667. The number of anilines is 2. The summed E-state index contributed by atoms with van der Waals surface area (Å²) in [5, 5.41) is 11.2. The zero-order valence-corrected chi connectivity index (χ0v) is 13.6. The summed E-state index contributed by atoms with van der Waals surface area (Å²) in [4.78, 5) is 26.2. The molecular weight excluding hydrogens is 333 g/mol. The van der Waals surface area contributed by atoms with Crippen LogP contribution >= 0.6 is 0 Å². The average Bonchev–Trinajstić information content (AvgIpc) is 3.01. The quantitative estimate of drug-likeness (QED) is 0.738. The highest BCUT2D eigenvalue weighted by Crippen LogP contribution is 2.28. The van der Waals surface area contributed by atoms with Crippen molar-refractivity contribution in [2.45, 2.75) is 12.4 Å². The third-order valence-electron chi connectivity index (χ3n) is 4.09. The van der Waals surface area contributed by atoms with E-state index in [2.05, 4.69) is 5.32 Å². The number of ether oxygens (including phenoxy) is 2. The molecule has 0 saturated carbocycles. The van der Waals surface area contributed by atoms with E-state index >= 15 is 0 Å². The lowest BCUT2D eigenvalue weighted by Gasteiger charge is -2.32. The molecule has 0 aromatic heterocycles. The van der Waals surface area contributed by atoms with Gasteiger partial charge in [-0.3, -0.25) is 9.69 Å². The second-order valence-electron chi connectivity index (χ2n) is 5.80. The van der Waals surface area contributed by atoms with Crippen LogP contribution < -0.4 is 15.1 Å². The molecule has 2 saturated heterocycles. The number of nitrogens with zero attached hydrogens (tertiary/aromatic N) is 2. The first-order valence-electron chi connectivity index (χ1n) is 8.02. The summed E-state index contributed by atoms with van der Waals surface area (Å²) >= 11 is 0. The third kappa shape index (κ3) is 3.99. The zero-order chi connectivity index (χ0) is 17.8. The number of carbonyl (C=O) groups excluding carboxylic acids is 2. The van der Waals surface area contributed by atoms with Crippen molar-refractivity contribution >= 4 is 23.4 Å². The number of carbonyl (C=O) groups is 2. The summed E-state index contributed by atoms with van der Waals surface area (Å²) < 4.78 is 24.3. The summed E-state index contributed by atoms with van der Waals surface area (Å²) in [7, 11) is 0. The zero-order valence-electron chi connectivity index (χ0n) is 13.6. The first-order chi connectivity index (χ1) is 12.1. The maximum atomic E-state index is 14.0. The van der Waals surface area contributed by atoms with E-state index in [1.54, 1.807) is 29.2 Å². The van der Waals surface area contributed by atoms with Crippen molar-refractivity contribution in [2.24, 2.45) is 0 Å². The number of benzene rings is 1. The van der Waals surface area contributed by atoms with Crippen LogP contribution in [-0.4, -0.2) is 69.0 Å². The molecule has 2 heterocycles. The Labute approximate surface area is 144 Å². The van der Waals surface area contributed by atoms with Gasteiger partial charge in [-0.1, -0.05) is 6.07 Å². The average molecular weight is 353 g/mol. The first kappa shape index (κ1) is 17.4. The lowest BCUT2D eigenvalue weighted by Crippen LogP contribution is -2.43. The van der Waals surface area contributed by atoms with E-state index in [4.69, 9.17) is 14.6 Å². The number of amides is 2. The number of cyclic esters (lactones) is 1. The van der Waals surface area contributed by atoms with Gasteiger partial charge in [0.2, 0.25) is 5.91 Å². The predicted molar refractivity (Wildman–Crippen MR) is 87.2 cm³/mol. The molecule has 9 heteroatoms. The van der Waals surface area contributed by atoms with Crippen molar-refractivity contribution in [3.05, 3.63) is 24.3 Å². The SMILES string of the molecule is O=C(CO)NCC1CN(c2cccc(N3CCOCC3F)c2)C(=O)O1. The van der Waals surface area contributed by atoms with Crippen molar-refractivity contribution in [1.82, 2.24) is 5.32 Å². The minimum atomic E-state index is -1.23. The lowest BCUT2D eigenvalue weighted by molar-refractivity contribution is -0.124. The first-order valence-corrected chi connectivity index (χ1v) is 8.02. The number of aliphatic hydroxyl groups excluding tert-OH is 1. The van der Waals surface area contributed by atoms with Crippen molar-refractivity contribution in [3.63, 3.8) is 0 Å². The summed E-state index contributed by atoms with van der Waals surface area (Å²) in [6, 6.07) is 7.00. The van der Waals surface area contributed by atoms with Gasteiger partial charge in [-0.25, -0.2) is 9.18 Å². The van der Waals surface area contributed by atoms with E-state index in [1.165, 1.54) is 4.90 Å². The number of hydrogen-bond acceptors (Lipinski definition) is 6. The molecule has 3 rings (SSSR count). The third-order valence-corrected chi connectivity index (χ3v) is 4.09. The minimum absolute atomic E-state index is 0.0165. The molecule has 0 spiro atoms. The highest BCUT2D eigenvalue weighted by atomic mass is 19.1. The van der Waals surface area contributed by atoms with Crippen LogP contribution in [0.15, 0.2) is 24.3 Å². The Hall–Kier alpha value is -2.39. The number of hydrogen-bond donors (Lipinski definition) is 2. The fourth-order valence-corrected chi connectivity index (χ4v) is 2.83. The Kier molecular flexibility index (Phi) is 5.34. The van der Waals surface area contributed by atoms with E-state index < -0.39 is 31.0 Å². The van der Waals surface area contributed by atoms with Gasteiger partial charge < -0.3 is 24.8 Å². The predicted octanol–water partition coefficient (Wildman–Crippen LogP) is 0.253. The fraction of sp³-hybridized carbons (Fsp3) is 0.500. The summed E-state index contributed by atoms with van der Waals surface area (Å²) in [6.07, 6.45) is -2.26. The number of nitrogens with one attached hydrogen (secondary N) is 1. The Morgan fingerprint density at radius 3 is 2.96 bits per heavy atom. The van der Waals surface area contributed by atoms with Gasteiger partial charge in [0.15, 0.2) is 6.30 Å². The Morgan fingerprint density at radius 1 is 1.40 bits per heavy atom. The number of halogens is 1. The number of morpholine rings is 1. The smallest absolute Gasteiger partial charge is 0.414 e. The van der Waals surface area contributed by atoms with Crippen LogP contribution in [0.5, 0.6) is 0 Å². The molecule has 2 aliphatic heterocycles. The molecule has 136 valence electrons. The van der Waals surface area contributed by atoms with Gasteiger partial charge in [0.25, 0.3) is 0 Å². The molecule has 2 fully saturated rings. The van der Waals surface area contributed by atoms with Gasteiger partial charge in [0.1, 0.15) is 12.7 Å². The van der Waals surface area contributed by atoms with Crippen molar-refractivity contribution in [1.29, 1.82) is 0 Å². The maximum absolute atomic E-state index is 14.0. The van der Waals surface area contributed by atoms with Gasteiger partial charge in [-0.05, 0) is 18.2 Å². The molecule has 2 atom stereocenters. The van der Waals surface area contributed by atoms with Crippen molar-refractivity contribution in [2.75, 3.05) is 49.3 Å². The molecule has 2 unspecified atom stereocenters. The molecule has 1 aromatic rings. The summed E-state index contributed by atoms with van der Waals surface area (Å²) in [5.74, 6) is -0.530. The number of rotatable bonds is 5. The van der Waals surface area contributed by atoms with Crippen LogP contribution in [0.4, 0.5) is 20.6 Å². The molecule has 2 aliphatic rings.